The Morgan fingerprint density at radius 1 is 0.885 bits per heavy atom. The lowest BCUT2D eigenvalue weighted by Gasteiger charge is -2.36. The van der Waals surface area contributed by atoms with Gasteiger partial charge in [0.05, 0.1) is 13.7 Å². The first-order valence-electron chi connectivity index (χ1n) is 9.70. The minimum absolute atomic E-state index is 0.0647. The molecular weight excluding hydrogens is 336 g/mol. The highest BCUT2D eigenvalue weighted by Crippen LogP contribution is 2.10. The smallest absolute Gasteiger partial charge is 0.317 e. The highest BCUT2D eigenvalue weighted by atomic mass is 16.5. The van der Waals surface area contributed by atoms with Crippen molar-refractivity contribution in [2.45, 2.75) is 38.5 Å². The van der Waals surface area contributed by atoms with E-state index in [1.807, 2.05) is 4.90 Å². The number of carbonyl (C=O) groups is 3. The molecule has 0 aromatic carbocycles. The van der Waals surface area contributed by atoms with Crippen LogP contribution in [0.15, 0.2) is 0 Å². The Balaban J connectivity index is 1.57. The molecule has 148 valence electrons. The standard InChI is InChI=1S/C18H32N4O4/c1-26-17(24)7-3-4-8-19-18(25)22-13-11-20(12-14-22)15-16(23)21-9-5-2-6-10-21/h2-15H2,1H3,(H,19,25). The number of piperidine rings is 1. The van der Waals surface area contributed by atoms with E-state index in [4.69, 9.17) is 0 Å². The maximum atomic E-state index is 12.3. The van der Waals surface area contributed by atoms with Crippen molar-refractivity contribution in [3.63, 3.8) is 0 Å². The van der Waals surface area contributed by atoms with E-state index in [-0.39, 0.29) is 17.9 Å². The van der Waals surface area contributed by atoms with Gasteiger partial charge < -0.3 is 19.9 Å². The molecule has 0 bridgehead atoms. The third-order valence-corrected chi connectivity index (χ3v) is 5.04. The van der Waals surface area contributed by atoms with E-state index in [1.165, 1.54) is 13.5 Å². The number of hydrogen-bond donors (Lipinski definition) is 1. The summed E-state index contributed by atoms with van der Waals surface area (Å²) in [6.07, 6.45) is 5.29. The van der Waals surface area contributed by atoms with Crippen LogP contribution in [0.25, 0.3) is 0 Å². The van der Waals surface area contributed by atoms with Crippen LogP contribution in [0.5, 0.6) is 0 Å². The fourth-order valence-corrected chi connectivity index (χ4v) is 3.35. The van der Waals surface area contributed by atoms with Crippen molar-refractivity contribution in [3.8, 4) is 0 Å². The number of amides is 3. The number of piperazine rings is 1. The zero-order chi connectivity index (χ0) is 18.8. The summed E-state index contributed by atoms with van der Waals surface area (Å²) in [5, 5.41) is 2.89. The summed E-state index contributed by atoms with van der Waals surface area (Å²) >= 11 is 0. The molecule has 2 rings (SSSR count). The molecule has 2 fully saturated rings. The molecule has 3 amide bonds. The molecular formula is C18H32N4O4. The minimum atomic E-state index is -0.216. The molecule has 0 aromatic heterocycles. The summed E-state index contributed by atoms with van der Waals surface area (Å²) in [5.41, 5.74) is 0. The van der Waals surface area contributed by atoms with Gasteiger partial charge in [0, 0.05) is 52.2 Å². The number of esters is 1. The van der Waals surface area contributed by atoms with Gasteiger partial charge in [-0.05, 0) is 32.1 Å². The first kappa shape index (κ1) is 20.5. The zero-order valence-electron chi connectivity index (χ0n) is 15.9. The molecule has 0 atom stereocenters. The summed E-state index contributed by atoms with van der Waals surface area (Å²) in [6.45, 7) is 5.54. The van der Waals surface area contributed by atoms with Crippen molar-refractivity contribution in [2.24, 2.45) is 0 Å². The average molecular weight is 368 g/mol. The van der Waals surface area contributed by atoms with Crippen LogP contribution < -0.4 is 5.32 Å². The summed E-state index contributed by atoms with van der Waals surface area (Å²) in [4.78, 5) is 41.4. The fourth-order valence-electron chi connectivity index (χ4n) is 3.35. The Morgan fingerprint density at radius 2 is 1.58 bits per heavy atom. The number of ether oxygens (including phenoxy) is 1. The van der Waals surface area contributed by atoms with Crippen LogP contribution in [0.2, 0.25) is 0 Å². The SMILES string of the molecule is COC(=O)CCCCNC(=O)N1CCN(CC(=O)N2CCCCC2)CC1. The van der Waals surface area contributed by atoms with Crippen LogP contribution in [-0.4, -0.2) is 92.1 Å². The third-order valence-electron chi connectivity index (χ3n) is 5.04. The lowest BCUT2D eigenvalue weighted by molar-refractivity contribution is -0.140. The van der Waals surface area contributed by atoms with E-state index < -0.39 is 0 Å². The number of nitrogens with one attached hydrogen (secondary N) is 1. The van der Waals surface area contributed by atoms with Crippen molar-refractivity contribution < 1.29 is 19.1 Å². The molecule has 8 nitrogen and oxygen atoms in total. The van der Waals surface area contributed by atoms with Gasteiger partial charge in [0.25, 0.3) is 0 Å². The molecule has 2 aliphatic heterocycles. The first-order valence-corrected chi connectivity index (χ1v) is 9.70. The molecule has 8 heteroatoms. The second-order valence-electron chi connectivity index (χ2n) is 6.97. The minimum Gasteiger partial charge on any atom is -0.469 e. The maximum absolute atomic E-state index is 12.3. The third kappa shape index (κ3) is 6.82. The van der Waals surface area contributed by atoms with Crippen LogP contribution in [-0.2, 0) is 14.3 Å². The fraction of sp³-hybridized carbons (Fsp3) is 0.833. The highest BCUT2D eigenvalue weighted by molar-refractivity contribution is 5.78. The molecule has 26 heavy (non-hydrogen) atoms. The number of nitrogens with zero attached hydrogens (tertiary/aromatic N) is 3. The summed E-state index contributed by atoms with van der Waals surface area (Å²) in [5.74, 6) is -0.000226. The van der Waals surface area contributed by atoms with Gasteiger partial charge in [-0.2, -0.15) is 0 Å². The Kier molecular flexibility index (Phi) is 8.67. The van der Waals surface area contributed by atoms with Crippen molar-refractivity contribution in [1.29, 1.82) is 0 Å². The van der Waals surface area contributed by atoms with Crippen molar-refractivity contribution >= 4 is 17.9 Å². The van der Waals surface area contributed by atoms with Gasteiger partial charge in [0.2, 0.25) is 5.91 Å². The predicted molar refractivity (Wildman–Crippen MR) is 97.7 cm³/mol. The second-order valence-corrected chi connectivity index (χ2v) is 6.97. The van der Waals surface area contributed by atoms with Crippen LogP contribution >= 0.6 is 0 Å². The monoisotopic (exact) mass is 368 g/mol. The van der Waals surface area contributed by atoms with Crippen molar-refractivity contribution in [1.82, 2.24) is 20.0 Å². The largest absolute Gasteiger partial charge is 0.469 e. The normalized spacial score (nSPS) is 18.5. The molecule has 2 heterocycles. The number of hydrogen-bond acceptors (Lipinski definition) is 5. The molecule has 0 saturated carbocycles. The number of likely N-dealkylation sites (tertiary alicyclic amines) is 1. The molecule has 0 unspecified atom stereocenters. The van der Waals surface area contributed by atoms with Crippen LogP contribution in [0.3, 0.4) is 0 Å². The van der Waals surface area contributed by atoms with Gasteiger partial charge in [-0.15, -0.1) is 0 Å². The molecule has 0 radical (unpaired) electrons. The number of unbranched alkanes of at least 4 members (excludes halogenated alkanes) is 1. The van der Waals surface area contributed by atoms with Crippen LogP contribution in [0.1, 0.15) is 38.5 Å². The topological polar surface area (TPSA) is 82.2 Å². The predicted octanol–water partition coefficient (Wildman–Crippen LogP) is 0.669. The van der Waals surface area contributed by atoms with E-state index in [1.54, 1.807) is 4.90 Å². The van der Waals surface area contributed by atoms with Crippen LogP contribution in [0, 0.1) is 0 Å². The molecule has 0 aliphatic carbocycles. The van der Waals surface area contributed by atoms with Gasteiger partial charge in [0.1, 0.15) is 0 Å². The lowest BCUT2D eigenvalue weighted by Crippen LogP contribution is -2.54. The Bertz CT molecular complexity index is 472. The van der Waals surface area contributed by atoms with Crippen molar-refractivity contribution in [3.05, 3.63) is 0 Å². The number of carbonyl (C=O) groups excluding carboxylic acids is 3. The maximum Gasteiger partial charge on any atom is 0.317 e. The lowest BCUT2D eigenvalue weighted by atomic mass is 10.1. The van der Waals surface area contributed by atoms with Gasteiger partial charge >= 0.3 is 12.0 Å². The molecule has 2 saturated heterocycles. The van der Waals surface area contributed by atoms with E-state index >= 15 is 0 Å². The van der Waals surface area contributed by atoms with Gasteiger partial charge in [0.15, 0.2) is 0 Å². The van der Waals surface area contributed by atoms with E-state index in [0.717, 1.165) is 45.4 Å². The number of rotatable bonds is 7. The summed E-state index contributed by atoms with van der Waals surface area (Å²) in [6, 6.07) is -0.0647. The molecule has 2 aliphatic rings. The Hall–Kier alpha value is -1.83. The number of urea groups is 1. The van der Waals surface area contributed by atoms with Gasteiger partial charge in [-0.1, -0.05) is 0 Å². The molecule has 1 N–H and O–H groups in total. The van der Waals surface area contributed by atoms with E-state index in [0.29, 0.717) is 39.0 Å². The van der Waals surface area contributed by atoms with E-state index in [9.17, 15) is 14.4 Å². The number of methoxy groups -OCH3 is 1. The highest BCUT2D eigenvalue weighted by Gasteiger charge is 2.24. The Morgan fingerprint density at radius 3 is 2.23 bits per heavy atom. The summed E-state index contributed by atoms with van der Waals surface area (Å²) < 4.78 is 4.58. The first-order chi connectivity index (χ1) is 12.6. The average Bonchev–Trinajstić information content (AvgIpc) is 2.68. The molecule has 0 aromatic rings. The van der Waals surface area contributed by atoms with Gasteiger partial charge in [-0.25, -0.2) is 4.79 Å². The Labute approximate surface area is 155 Å². The quantitative estimate of drug-likeness (QED) is 0.528. The van der Waals surface area contributed by atoms with Crippen molar-refractivity contribution in [2.75, 3.05) is 59.5 Å². The van der Waals surface area contributed by atoms with E-state index in [2.05, 4.69) is 15.0 Å². The second kappa shape index (κ2) is 11.0. The van der Waals surface area contributed by atoms with Gasteiger partial charge in [-0.3, -0.25) is 14.5 Å². The summed E-state index contributed by atoms with van der Waals surface area (Å²) in [7, 11) is 1.38. The zero-order valence-corrected chi connectivity index (χ0v) is 15.9. The molecule has 0 spiro atoms. The van der Waals surface area contributed by atoms with Crippen LogP contribution in [0.4, 0.5) is 4.79 Å².